The van der Waals surface area contributed by atoms with Gasteiger partial charge in [-0.3, -0.25) is 4.79 Å². The summed E-state index contributed by atoms with van der Waals surface area (Å²) < 4.78 is 0.993. The number of likely N-dealkylation sites (tertiary alicyclic amines) is 1. The van der Waals surface area contributed by atoms with Crippen LogP contribution in [0.2, 0.25) is 5.02 Å². The Balaban J connectivity index is 1.94. The number of anilines is 1. The number of piperidine rings is 1. The first kappa shape index (κ1) is 15.4. The smallest absolute Gasteiger partial charge is 0.321 e. The number of nitrogens with one attached hydrogen (secondary N) is 1. The molecule has 1 aromatic rings. The van der Waals surface area contributed by atoms with E-state index in [-0.39, 0.29) is 11.9 Å². The number of carboxylic acids is 1. The van der Waals surface area contributed by atoms with E-state index in [1.807, 2.05) is 6.07 Å². The molecule has 1 aliphatic rings. The summed E-state index contributed by atoms with van der Waals surface area (Å²) >= 11 is 8.21. The standard InChI is InChI=1S/C13H14ClIN2O3/c14-10-7-9(15)1-2-11(10)16-13(20)17-5-3-8(4-6-17)12(18)19/h1-2,7-8H,3-6H2,(H,16,20)(H,18,19). The second kappa shape index (κ2) is 6.62. The van der Waals surface area contributed by atoms with Gasteiger partial charge in [0.15, 0.2) is 0 Å². The van der Waals surface area contributed by atoms with Crippen LogP contribution in [0.25, 0.3) is 0 Å². The van der Waals surface area contributed by atoms with E-state index in [1.54, 1.807) is 17.0 Å². The zero-order chi connectivity index (χ0) is 14.7. The second-order valence-corrected chi connectivity index (χ2v) is 6.31. The maximum absolute atomic E-state index is 12.1. The number of carbonyl (C=O) groups excluding carboxylic acids is 1. The molecule has 20 heavy (non-hydrogen) atoms. The Labute approximate surface area is 135 Å². The maximum atomic E-state index is 12.1. The van der Waals surface area contributed by atoms with Crippen molar-refractivity contribution in [3.8, 4) is 0 Å². The SMILES string of the molecule is O=C(O)C1CCN(C(=O)Nc2ccc(I)cc2Cl)CC1. The van der Waals surface area contributed by atoms with Gasteiger partial charge in [-0.2, -0.15) is 0 Å². The van der Waals surface area contributed by atoms with E-state index in [0.29, 0.717) is 36.6 Å². The van der Waals surface area contributed by atoms with E-state index in [1.165, 1.54) is 0 Å². The summed E-state index contributed by atoms with van der Waals surface area (Å²) in [4.78, 5) is 24.6. The van der Waals surface area contributed by atoms with Crippen molar-refractivity contribution in [2.45, 2.75) is 12.8 Å². The van der Waals surface area contributed by atoms with Crippen molar-refractivity contribution in [1.82, 2.24) is 4.90 Å². The minimum atomic E-state index is -0.786. The number of hydrogen-bond acceptors (Lipinski definition) is 2. The van der Waals surface area contributed by atoms with E-state index < -0.39 is 5.97 Å². The molecule has 2 rings (SSSR count). The van der Waals surface area contributed by atoms with Crippen LogP contribution in [0.5, 0.6) is 0 Å². The second-order valence-electron chi connectivity index (χ2n) is 4.65. The van der Waals surface area contributed by atoms with Crippen molar-refractivity contribution in [2.24, 2.45) is 5.92 Å². The predicted molar refractivity (Wildman–Crippen MR) is 85.1 cm³/mol. The molecule has 1 fully saturated rings. The normalized spacial score (nSPS) is 16.0. The molecule has 1 heterocycles. The van der Waals surface area contributed by atoms with Gasteiger partial charge in [0.2, 0.25) is 0 Å². The highest BCUT2D eigenvalue weighted by Gasteiger charge is 2.27. The Kier molecular flexibility index (Phi) is 5.09. The molecule has 0 atom stereocenters. The number of rotatable bonds is 2. The molecule has 5 nitrogen and oxygen atoms in total. The molecule has 0 aliphatic carbocycles. The third-order valence-corrected chi connectivity index (χ3v) is 4.29. The summed E-state index contributed by atoms with van der Waals surface area (Å²) in [6, 6.07) is 5.15. The number of hydrogen-bond donors (Lipinski definition) is 2. The minimum Gasteiger partial charge on any atom is -0.481 e. The van der Waals surface area contributed by atoms with Crippen molar-refractivity contribution < 1.29 is 14.7 Å². The van der Waals surface area contributed by atoms with Gasteiger partial charge in [0.05, 0.1) is 16.6 Å². The van der Waals surface area contributed by atoms with Crippen molar-refractivity contribution >= 4 is 51.9 Å². The van der Waals surface area contributed by atoms with Gasteiger partial charge in [0, 0.05) is 16.7 Å². The van der Waals surface area contributed by atoms with Gasteiger partial charge < -0.3 is 15.3 Å². The first-order valence-corrected chi connectivity index (χ1v) is 7.67. The molecule has 0 radical (unpaired) electrons. The van der Waals surface area contributed by atoms with Crippen molar-refractivity contribution in [2.75, 3.05) is 18.4 Å². The average Bonchev–Trinajstić information content (AvgIpc) is 2.42. The van der Waals surface area contributed by atoms with Crippen LogP contribution >= 0.6 is 34.2 Å². The van der Waals surface area contributed by atoms with Crippen LogP contribution in [-0.4, -0.2) is 35.1 Å². The molecule has 2 amide bonds. The molecule has 0 spiro atoms. The summed E-state index contributed by atoms with van der Waals surface area (Å²) in [6.07, 6.45) is 0.979. The lowest BCUT2D eigenvalue weighted by Gasteiger charge is -2.30. The zero-order valence-electron chi connectivity index (χ0n) is 10.6. The molecule has 0 unspecified atom stereocenters. The van der Waals surface area contributed by atoms with E-state index in [4.69, 9.17) is 16.7 Å². The topological polar surface area (TPSA) is 69.6 Å². The summed E-state index contributed by atoms with van der Waals surface area (Å²) in [5, 5.41) is 12.2. The number of nitrogens with zero attached hydrogens (tertiary/aromatic N) is 1. The lowest BCUT2D eigenvalue weighted by molar-refractivity contribution is -0.143. The van der Waals surface area contributed by atoms with Gasteiger partial charge in [-0.05, 0) is 53.6 Å². The number of halogens is 2. The van der Waals surface area contributed by atoms with Crippen LogP contribution in [0.1, 0.15) is 12.8 Å². The lowest BCUT2D eigenvalue weighted by Crippen LogP contribution is -2.42. The third kappa shape index (κ3) is 3.76. The summed E-state index contributed by atoms with van der Waals surface area (Å²) in [5.74, 6) is -1.13. The monoisotopic (exact) mass is 408 g/mol. The van der Waals surface area contributed by atoms with E-state index in [2.05, 4.69) is 27.9 Å². The van der Waals surface area contributed by atoms with E-state index in [0.717, 1.165) is 3.57 Å². The number of aliphatic carboxylic acids is 1. The zero-order valence-corrected chi connectivity index (χ0v) is 13.5. The van der Waals surface area contributed by atoms with Crippen LogP contribution in [0.4, 0.5) is 10.5 Å². The van der Waals surface area contributed by atoms with Crippen LogP contribution in [0.3, 0.4) is 0 Å². The van der Waals surface area contributed by atoms with Gasteiger partial charge in [-0.25, -0.2) is 4.79 Å². The summed E-state index contributed by atoms with van der Waals surface area (Å²) in [5.41, 5.74) is 0.567. The van der Waals surface area contributed by atoms with Crippen LogP contribution in [0, 0.1) is 9.49 Å². The first-order chi connectivity index (χ1) is 9.47. The quantitative estimate of drug-likeness (QED) is 0.738. The molecule has 108 valence electrons. The first-order valence-electron chi connectivity index (χ1n) is 6.21. The highest BCUT2D eigenvalue weighted by molar-refractivity contribution is 14.1. The number of carbonyl (C=O) groups is 2. The van der Waals surface area contributed by atoms with Crippen LogP contribution in [-0.2, 0) is 4.79 Å². The molecule has 1 saturated heterocycles. The largest absolute Gasteiger partial charge is 0.481 e. The molecule has 7 heteroatoms. The average molecular weight is 409 g/mol. The van der Waals surface area contributed by atoms with Crippen LogP contribution < -0.4 is 5.32 Å². The Bertz CT molecular complexity index is 530. The molecule has 1 aliphatic heterocycles. The molecule has 0 saturated carbocycles. The minimum absolute atomic E-state index is 0.239. The highest BCUT2D eigenvalue weighted by atomic mass is 127. The molecule has 0 bridgehead atoms. The fourth-order valence-corrected chi connectivity index (χ4v) is 3.02. The molecule has 2 N–H and O–H groups in total. The fraction of sp³-hybridized carbons (Fsp3) is 0.385. The van der Waals surface area contributed by atoms with Gasteiger partial charge in [0.1, 0.15) is 0 Å². The Morgan fingerprint density at radius 1 is 1.35 bits per heavy atom. The van der Waals surface area contributed by atoms with Crippen molar-refractivity contribution in [3.05, 3.63) is 26.8 Å². The molecular weight excluding hydrogens is 395 g/mol. The van der Waals surface area contributed by atoms with E-state index in [9.17, 15) is 9.59 Å². The Morgan fingerprint density at radius 2 is 2.00 bits per heavy atom. The number of amides is 2. The van der Waals surface area contributed by atoms with Gasteiger partial charge in [-0.15, -0.1) is 0 Å². The molecular formula is C13H14ClIN2O3. The predicted octanol–water partition coefficient (Wildman–Crippen LogP) is 3.27. The van der Waals surface area contributed by atoms with Gasteiger partial charge in [-0.1, -0.05) is 11.6 Å². The van der Waals surface area contributed by atoms with Gasteiger partial charge in [0.25, 0.3) is 0 Å². The Morgan fingerprint density at radius 3 is 2.55 bits per heavy atom. The number of benzene rings is 1. The Hall–Kier alpha value is -1.02. The van der Waals surface area contributed by atoms with Gasteiger partial charge >= 0.3 is 12.0 Å². The van der Waals surface area contributed by atoms with Crippen molar-refractivity contribution in [3.63, 3.8) is 0 Å². The number of urea groups is 1. The fourth-order valence-electron chi connectivity index (χ4n) is 2.11. The summed E-state index contributed by atoms with van der Waals surface area (Å²) in [7, 11) is 0. The summed E-state index contributed by atoms with van der Waals surface area (Å²) in [6.45, 7) is 0.898. The number of carboxylic acid groups (broad SMARTS) is 1. The maximum Gasteiger partial charge on any atom is 0.321 e. The molecule has 1 aromatic carbocycles. The van der Waals surface area contributed by atoms with Crippen molar-refractivity contribution in [1.29, 1.82) is 0 Å². The molecule has 0 aromatic heterocycles. The third-order valence-electron chi connectivity index (χ3n) is 3.30. The van der Waals surface area contributed by atoms with E-state index >= 15 is 0 Å². The van der Waals surface area contributed by atoms with Crippen LogP contribution in [0.15, 0.2) is 18.2 Å². The highest BCUT2D eigenvalue weighted by Crippen LogP contribution is 2.25. The lowest BCUT2D eigenvalue weighted by atomic mass is 9.97.